The molecular weight excluding hydrogens is 266 g/mol. The van der Waals surface area contributed by atoms with Crippen LogP contribution >= 0.6 is 15.9 Å². The van der Waals surface area contributed by atoms with Gasteiger partial charge < -0.3 is 0 Å². The highest BCUT2D eigenvalue weighted by atomic mass is 79.9. The van der Waals surface area contributed by atoms with Crippen molar-refractivity contribution in [1.82, 2.24) is 0 Å². The van der Waals surface area contributed by atoms with Crippen molar-refractivity contribution < 1.29 is 4.79 Å². The number of rotatable bonds is 0. The van der Waals surface area contributed by atoms with E-state index in [1.807, 2.05) is 36.4 Å². The summed E-state index contributed by atoms with van der Waals surface area (Å²) in [4.78, 5) is 16.1. The van der Waals surface area contributed by atoms with Crippen LogP contribution in [0.4, 0.5) is 0 Å². The quantitative estimate of drug-likeness (QED) is 0.669. The van der Waals surface area contributed by atoms with E-state index in [1.54, 1.807) is 0 Å². The topological polar surface area (TPSA) is 29.4 Å². The lowest BCUT2D eigenvalue weighted by molar-refractivity contribution is 0.100. The molecule has 2 aliphatic rings. The molecule has 0 N–H and O–H groups in total. The zero-order chi connectivity index (χ0) is 11.1. The molecule has 0 saturated carbocycles. The number of halogens is 1. The lowest BCUT2D eigenvalue weighted by Crippen LogP contribution is -2.17. The second-order valence-electron chi connectivity index (χ2n) is 3.73. The molecule has 0 fully saturated rings. The van der Waals surface area contributed by atoms with Crippen molar-refractivity contribution in [2.24, 2.45) is 4.99 Å². The van der Waals surface area contributed by atoms with Crippen LogP contribution in [0.15, 0.2) is 47.5 Å². The van der Waals surface area contributed by atoms with Crippen molar-refractivity contribution in [3.63, 3.8) is 0 Å². The van der Waals surface area contributed by atoms with Crippen molar-refractivity contribution in [2.75, 3.05) is 0 Å². The van der Waals surface area contributed by atoms with Crippen LogP contribution in [0.3, 0.4) is 0 Å². The van der Waals surface area contributed by atoms with Crippen LogP contribution in [0.1, 0.15) is 15.9 Å². The predicted octanol–water partition coefficient (Wildman–Crippen LogP) is 3.00. The van der Waals surface area contributed by atoms with Crippen LogP contribution in [-0.4, -0.2) is 16.4 Å². The number of aliphatic imine (C=N–C) groups is 1. The van der Waals surface area contributed by atoms with Crippen LogP contribution in [-0.2, 0) is 0 Å². The molecule has 1 amide bonds. The lowest BCUT2D eigenvalue weighted by Gasteiger charge is -2.20. The lowest BCUT2D eigenvalue weighted by atomic mass is 9.90. The molecular formula is C13H8BrNO. The van der Waals surface area contributed by atoms with E-state index in [9.17, 15) is 4.79 Å². The fourth-order valence-corrected chi connectivity index (χ4v) is 2.39. The molecule has 2 nitrogen and oxygen atoms in total. The Morgan fingerprint density at radius 2 is 1.94 bits per heavy atom. The zero-order valence-electron chi connectivity index (χ0n) is 8.35. The van der Waals surface area contributed by atoms with Gasteiger partial charge in [0.2, 0.25) is 0 Å². The summed E-state index contributed by atoms with van der Waals surface area (Å²) < 4.78 is 0. The van der Waals surface area contributed by atoms with Gasteiger partial charge in [0.25, 0.3) is 5.91 Å². The molecule has 0 bridgehead atoms. The standard InChI is InChI=1S/C13H8BrNO/c14-8-5-6-12-11(7-8)9-3-1-2-4-10(9)13(16)15-12/h1-8H. The summed E-state index contributed by atoms with van der Waals surface area (Å²) in [5.74, 6) is -0.152. The Kier molecular flexibility index (Phi) is 2.14. The van der Waals surface area contributed by atoms with Crippen LogP contribution < -0.4 is 0 Å². The Balaban J connectivity index is 2.26. The van der Waals surface area contributed by atoms with Gasteiger partial charge in [-0.15, -0.1) is 0 Å². The molecule has 1 atom stereocenters. The fraction of sp³-hybridized carbons (Fsp3) is 0.0769. The molecule has 1 heterocycles. The number of carbonyl (C=O) groups is 1. The maximum atomic E-state index is 11.8. The van der Waals surface area contributed by atoms with Crippen LogP contribution in [0.5, 0.6) is 0 Å². The van der Waals surface area contributed by atoms with Gasteiger partial charge in [-0.25, -0.2) is 4.99 Å². The summed E-state index contributed by atoms with van der Waals surface area (Å²) in [5, 5.41) is 0. The van der Waals surface area contributed by atoms with E-state index in [-0.39, 0.29) is 10.7 Å². The van der Waals surface area contributed by atoms with Gasteiger partial charge in [-0.2, -0.15) is 0 Å². The van der Waals surface area contributed by atoms with Crippen molar-refractivity contribution in [1.29, 1.82) is 0 Å². The SMILES string of the molecule is O=C1N=C2C=CC(Br)C=C2c2ccccc21. The minimum absolute atomic E-state index is 0.152. The first-order chi connectivity index (χ1) is 7.75. The Hall–Kier alpha value is -1.48. The molecule has 1 aliphatic heterocycles. The number of hydrogen-bond donors (Lipinski definition) is 0. The molecule has 0 spiro atoms. The summed E-state index contributed by atoms with van der Waals surface area (Å²) in [6, 6.07) is 7.59. The predicted molar refractivity (Wildman–Crippen MR) is 68.0 cm³/mol. The third-order valence-corrected chi connectivity index (χ3v) is 3.28. The molecule has 78 valence electrons. The van der Waals surface area contributed by atoms with Crippen molar-refractivity contribution in [3.05, 3.63) is 53.6 Å². The number of alkyl halides is 1. The van der Waals surface area contributed by atoms with Crippen molar-refractivity contribution >= 4 is 33.1 Å². The zero-order valence-corrected chi connectivity index (χ0v) is 9.94. The number of fused-ring (bicyclic) bond motifs is 3. The molecule has 0 saturated heterocycles. The highest BCUT2D eigenvalue weighted by molar-refractivity contribution is 9.09. The maximum Gasteiger partial charge on any atom is 0.278 e. The Morgan fingerprint density at radius 3 is 2.75 bits per heavy atom. The largest absolute Gasteiger partial charge is 0.278 e. The molecule has 0 radical (unpaired) electrons. The van der Waals surface area contributed by atoms with Gasteiger partial charge in [-0.1, -0.05) is 46.3 Å². The van der Waals surface area contributed by atoms with E-state index < -0.39 is 0 Å². The third-order valence-electron chi connectivity index (χ3n) is 2.71. The molecule has 3 rings (SSSR count). The van der Waals surface area contributed by atoms with E-state index in [1.165, 1.54) is 0 Å². The number of allylic oxidation sites excluding steroid dienone is 4. The first-order valence-electron chi connectivity index (χ1n) is 5.02. The number of amides is 1. The van der Waals surface area contributed by atoms with Gasteiger partial charge in [-0.3, -0.25) is 4.79 Å². The summed E-state index contributed by atoms with van der Waals surface area (Å²) >= 11 is 3.51. The van der Waals surface area contributed by atoms with E-state index in [0.29, 0.717) is 5.56 Å². The Bertz CT molecular complexity index is 569. The molecule has 3 heteroatoms. The maximum absolute atomic E-state index is 11.8. The molecule has 16 heavy (non-hydrogen) atoms. The summed E-state index contributed by atoms with van der Waals surface area (Å²) in [5.41, 5.74) is 3.47. The summed E-state index contributed by atoms with van der Waals surface area (Å²) in [6.45, 7) is 0. The fourth-order valence-electron chi connectivity index (χ4n) is 1.97. The van der Waals surface area contributed by atoms with Gasteiger partial charge >= 0.3 is 0 Å². The first-order valence-corrected chi connectivity index (χ1v) is 5.94. The van der Waals surface area contributed by atoms with Crippen LogP contribution in [0.2, 0.25) is 0 Å². The summed E-state index contributed by atoms with van der Waals surface area (Å²) in [7, 11) is 0. The first kappa shape index (κ1) is 9.73. The molecule has 1 unspecified atom stereocenters. The van der Waals surface area contributed by atoms with Crippen molar-refractivity contribution in [2.45, 2.75) is 4.83 Å². The molecule has 1 aromatic rings. The van der Waals surface area contributed by atoms with Gasteiger partial charge in [-0.05, 0) is 17.7 Å². The van der Waals surface area contributed by atoms with E-state index >= 15 is 0 Å². The van der Waals surface area contributed by atoms with E-state index in [4.69, 9.17) is 0 Å². The average Bonchev–Trinajstić information content (AvgIpc) is 2.31. The highest BCUT2D eigenvalue weighted by Crippen LogP contribution is 2.30. The second-order valence-corrected chi connectivity index (χ2v) is 4.79. The average molecular weight is 274 g/mol. The smallest absolute Gasteiger partial charge is 0.267 e. The minimum Gasteiger partial charge on any atom is -0.267 e. The van der Waals surface area contributed by atoms with Gasteiger partial charge in [0.15, 0.2) is 0 Å². The monoisotopic (exact) mass is 273 g/mol. The highest BCUT2D eigenvalue weighted by Gasteiger charge is 2.24. The minimum atomic E-state index is -0.152. The van der Waals surface area contributed by atoms with Crippen LogP contribution in [0.25, 0.3) is 5.57 Å². The Morgan fingerprint density at radius 1 is 1.19 bits per heavy atom. The number of hydrogen-bond acceptors (Lipinski definition) is 1. The number of nitrogens with zero attached hydrogens (tertiary/aromatic N) is 1. The van der Waals surface area contributed by atoms with Crippen LogP contribution in [0, 0.1) is 0 Å². The summed E-state index contributed by atoms with van der Waals surface area (Å²) in [6.07, 6.45) is 5.94. The van der Waals surface area contributed by atoms with Crippen molar-refractivity contribution in [3.8, 4) is 0 Å². The van der Waals surface area contributed by atoms with E-state index in [0.717, 1.165) is 16.8 Å². The van der Waals surface area contributed by atoms with Gasteiger partial charge in [0.05, 0.1) is 10.5 Å². The van der Waals surface area contributed by atoms with Gasteiger partial charge in [0, 0.05) is 11.1 Å². The Labute approximate surface area is 102 Å². The molecule has 1 aromatic carbocycles. The number of carbonyl (C=O) groups excluding carboxylic acids is 1. The third kappa shape index (κ3) is 1.39. The second kappa shape index (κ2) is 3.52. The van der Waals surface area contributed by atoms with E-state index in [2.05, 4.69) is 27.0 Å². The normalized spacial score (nSPS) is 22.1. The van der Waals surface area contributed by atoms with Gasteiger partial charge in [0.1, 0.15) is 0 Å². The number of benzene rings is 1. The molecule has 0 aromatic heterocycles. The molecule has 1 aliphatic carbocycles.